The summed E-state index contributed by atoms with van der Waals surface area (Å²) in [6.07, 6.45) is -0.348. The van der Waals surface area contributed by atoms with Crippen LogP contribution in [0, 0.1) is 6.57 Å². The number of aliphatic hydroxyl groups is 3. The van der Waals surface area contributed by atoms with Crippen molar-refractivity contribution in [3.8, 4) is 0 Å². The van der Waals surface area contributed by atoms with Gasteiger partial charge in [0.1, 0.15) is 33.7 Å². The van der Waals surface area contributed by atoms with E-state index in [0.29, 0.717) is 42.4 Å². The second-order valence-corrected chi connectivity index (χ2v) is 14.2. The third kappa shape index (κ3) is 16.5. The van der Waals surface area contributed by atoms with Gasteiger partial charge in [0.25, 0.3) is 4.87 Å². The van der Waals surface area contributed by atoms with Crippen molar-refractivity contribution in [2.75, 3.05) is 38.7 Å². The van der Waals surface area contributed by atoms with Crippen LogP contribution in [0.5, 0.6) is 0 Å². The quantitative estimate of drug-likeness (QED) is 0.0690. The normalized spacial score (nSPS) is 23.1. The minimum Gasteiger partial charge on any atom is -0.394 e. The van der Waals surface area contributed by atoms with Gasteiger partial charge in [-0.05, 0) is 30.4 Å². The second-order valence-electron chi connectivity index (χ2n) is 10.3. The number of aliphatic hydroxyl groups excluding tert-OH is 3. The number of thioether (sulfide) groups is 2. The minimum atomic E-state index is -1.35. The predicted molar refractivity (Wildman–Crippen MR) is 170 cm³/mol. The Morgan fingerprint density at radius 2 is 1.79 bits per heavy atom. The molecule has 1 unspecified atom stereocenters. The highest BCUT2D eigenvalue weighted by molar-refractivity contribution is 8.47. The summed E-state index contributed by atoms with van der Waals surface area (Å²) in [5.41, 5.74) is 0. The second kappa shape index (κ2) is 22.2. The van der Waals surface area contributed by atoms with Gasteiger partial charge in [0.05, 0.1) is 19.8 Å². The average molecular weight is 666 g/mol. The lowest BCUT2D eigenvalue weighted by Crippen LogP contribution is -2.64. The van der Waals surface area contributed by atoms with Crippen molar-refractivity contribution < 1.29 is 43.9 Å². The third-order valence-corrected chi connectivity index (χ3v) is 9.23. The number of nitrogens with one attached hydrogen (secondary N) is 2. The lowest BCUT2D eigenvalue weighted by atomic mass is 9.97. The molecular formula is C28H47N3O9S3. The SMILES string of the molecule is [C-]#[N+]C(C)(CCC(=O)NCCOCCC(=O)CCCCCCO[C@@H]1O[C@H](CO)[C@H](O)[C@H](O)[C@@H]1NC(C)=O)SC(=S)SCC. The number of carbonyl (C=O) groups excluding carboxylic acids is 3. The van der Waals surface area contributed by atoms with Gasteiger partial charge in [-0.15, -0.1) is 11.8 Å². The molecule has 12 nitrogen and oxygen atoms in total. The van der Waals surface area contributed by atoms with E-state index in [0.717, 1.165) is 25.0 Å². The van der Waals surface area contributed by atoms with Gasteiger partial charge in [0.2, 0.25) is 11.8 Å². The highest BCUT2D eigenvalue weighted by atomic mass is 32.2. The number of ether oxygens (including phenoxy) is 3. The summed E-state index contributed by atoms with van der Waals surface area (Å²) in [5, 5.41) is 35.0. The number of carbonyl (C=O) groups is 3. The molecule has 6 atom stereocenters. The molecule has 1 aliphatic heterocycles. The fourth-order valence-corrected chi connectivity index (χ4v) is 7.02. The average Bonchev–Trinajstić information content (AvgIpc) is 2.96. The number of hydrogen-bond acceptors (Lipinski definition) is 12. The summed E-state index contributed by atoms with van der Waals surface area (Å²) in [4.78, 5) is 38.6. The number of hydrogen-bond donors (Lipinski definition) is 5. The van der Waals surface area contributed by atoms with Crippen LogP contribution in [-0.2, 0) is 28.6 Å². The van der Waals surface area contributed by atoms with E-state index in [9.17, 15) is 29.7 Å². The minimum absolute atomic E-state index is 0.103. The third-order valence-electron chi connectivity index (χ3n) is 6.59. The summed E-state index contributed by atoms with van der Waals surface area (Å²) >= 11 is 8.12. The Morgan fingerprint density at radius 3 is 2.44 bits per heavy atom. The lowest BCUT2D eigenvalue weighted by Gasteiger charge is -2.42. The number of Topliss-reactive ketones (excluding diaryl/α,β-unsaturated/α-hetero) is 1. The molecule has 1 rings (SSSR count). The van der Waals surface area contributed by atoms with Crippen molar-refractivity contribution in [1.29, 1.82) is 0 Å². The van der Waals surface area contributed by atoms with Crippen molar-refractivity contribution in [3.05, 3.63) is 11.4 Å². The summed E-state index contributed by atoms with van der Waals surface area (Å²) in [7, 11) is 0. The van der Waals surface area contributed by atoms with E-state index in [1.54, 1.807) is 6.92 Å². The standard InChI is InChI=1S/C28H47N3O9S3/c1-5-42-27(41)43-28(3,29-4)13-11-22(35)30-14-17-38-16-12-20(34)10-8-6-7-9-15-39-26-23(31-19(2)33)25(37)24(36)21(18-32)40-26/h21,23-26,32,36-37H,5-18H2,1-3H3,(H,30,35)(H,31,33)/t21-,23+,24+,25-,26-,28?/m1/s1. The fourth-order valence-electron chi connectivity index (χ4n) is 4.16. The van der Waals surface area contributed by atoms with E-state index in [4.69, 9.17) is 33.0 Å². The summed E-state index contributed by atoms with van der Waals surface area (Å²) in [5.74, 6) is 0.386. The van der Waals surface area contributed by atoms with Crippen LogP contribution in [0.25, 0.3) is 4.85 Å². The monoisotopic (exact) mass is 665 g/mol. The molecular weight excluding hydrogens is 619 g/mol. The molecule has 1 fully saturated rings. The van der Waals surface area contributed by atoms with Gasteiger partial charge in [0.15, 0.2) is 6.29 Å². The summed E-state index contributed by atoms with van der Waals surface area (Å²) in [6.45, 7) is 13.2. The predicted octanol–water partition coefficient (Wildman–Crippen LogP) is 2.18. The molecule has 0 aromatic carbocycles. The molecule has 0 aromatic heterocycles. The number of amides is 2. The Balaban J connectivity index is 2.11. The van der Waals surface area contributed by atoms with E-state index in [-0.39, 0.29) is 31.3 Å². The van der Waals surface area contributed by atoms with Crippen LogP contribution in [0.15, 0.2) is 0 Å². The molecule has 246 valence electrons. The molecule has 43 heavy (non-hydrogen) atoms. The van der Waals surface area contributed by atoms with E-state index < -0.39 is 48.0 Å². The summed E-state index contributed by atoms with van der Waals surface area (Å²) < 4.78 is 17.4. The van der Waals surface area contributed by atoms with E-state index in [1.165, 1.54) is 30.4 Å². The molecule has 0 spiro atoms. The highest BCUT2D eigenvalue weighted by Gasteiger charge is 2.45. The molecule has 2 amide bonds. The largest absolute Gasteiger partial charge is 0.394 e. The van der Waals surface area contributed by atoms with Crippen LogP contribution in [0.1, 0.15) is 72.1 Å². The highest BCUT2D eigenvalue weighted by Crippen LogP contribution is 2.36. The molecule has 5 N–H and O–H groups in total. The molecule has 0 aliphatic carbocycles. The first-order valence-electron chi connectivity index (χ1n) is 14.6. The molecule has 1 saturated heterocycles. The molecule has 0 saturated carbocycles. The van der Waals surface area contributed by atoms with Crippen molar-refractivity contribution in [2.45, 2.75) is 108 Å². The zero-order valence-electron chi connectivity index (χ0n) is 25.2. The van der Waals surface area contributed by atoms with Crippen molar-refractivity contribution >= 4 is 56.9 Å². The van der Waals surface area contributed by atoms with E-state index in [1.807, 2.05) is 6.92 Å². The van der Waals surface area contributed by atoms with Crippen molar-refractivity contribution in [2.24, 2.45) is 0 Å². The Kier molecular flexibility index (Phi) is 20.5. The number of thiocarbonyl (C=S) groups is 1. The van der Waals surface area contributed by atoms with Crippen LogP contribution >= 0.6 is 35.7 Å². The molecule has 15 heteroatoms. The molecule has 0 aromatic rings. The van der Waals surface area contributed by atoms with Crippen LogP contribution < -0.4 is 10.6 Å². The Bertz CT molecular complexity index is 924. The van der Waals surface area contributed by atoms with Gasteiger partial charge in [-0.1, -0.05) is 32.0 Å². The smallest absolute Gasteiger partial charge is 0.281 e. The summed E-state index contributed by atoms with van der Waals surface area (Å²) in [6, 6.07) is -0.961. The van der Waals surface area contributed by atoms with Crippen molar-refractivity contribution in [1.82, 2.24) is 10.6 Å². The maximum absolute atomic E-state index is 12.1. The van der Waals surface area contributed by atoms with Crippen LogP contribution in [-0.4, -0.2) is 111 Å². The molecule has 1 heterocycles. The molecule has 0 bridgehead atoms. The number of unbranched alkanes of at least 4 members (excludes halogenated alkanes) is 3. The van der Waals surface area contributed by atoms with Crippen LogP contribution in [0.2, 0.25) is 0 Å². The zero-order chi connectivity index (χ0) is 32.3. The van der Waals surface area contributed by atoms with Crippen LogP contribution in [0.4, 0.5) is 0 Å². The topological polar surface area (TPSA) is 168 Å². The first-order chi connectivity index (χ1) is 20.5. The first kappa shape index (κ1) is 39.7. The Labute approximate surface area is 268 Å². The van der Waals surface area contributed by atoms with Crippen LogP contribution in [0.3, 0.4) is 0 Å². The van der Waals surface area contributed by atoms with Gasteiger partial charge in [-0.25, -0.2) is 6.57 Å². The van der Waals surface area contributed by atoms with Gasteiger partial charge in [0, 0.05) is 52.7 Å². The molecule has 1 aliphatic rings. The molecule has 0 radical (unpaired) electrons. The van der Waals surface area contributed by atoms with Crippen molar-refractivity contribution in [3.63, 3.8) is 0 Å². The van der Waals surface area contributed by atoms with Gasteiger partial charge in [-0.3, -0.25) is 19.2 Å². The zero-order valence-corrected chi connectivity index (χ0v) is 27.7. The van der Waals surface area contributed by atoms with Gasteiger partial charge >= 0.3 is 0 Å². The number of rotatable bonds is 21. The maximum Gasteiger partial charge on any atom is 0.281 e. The van der Waals surface area contributed by atoms with Gasteiger partial charge < -0.3 is 40.2 Å². The number of nitrogens with zero attached hydrogens (tertiary/aromatic N) is 1. The Hall–Kier alpha value is -1.35. The van der Waals surface area contributed by atoms with E-state index in [2.05, 4.69) is 15.5 Å². The fraction of sp³-hybridized carbons (Fsp3) is 0.821. The first-order valence-corrected chi connectivity index (χ1v) is 16.8. The number of ketones is 1. The lowest BCUT2D eigenvalue weighted by molar-refractivity contribution is -0.270. The van der Waals surface area contributed by atoms with Gasteiger partial charge in [-0.2, -0.15) is 0 Å². The Morgan fingerprint density at radius 1 is 1.07 bits per heavy atom. The maximum atomic E-state index is 12.1. The van der Waals surface area contributed by atoms with E-state index >= 15 is 0 Å².